The van der Waals surface area contributed by atoms with E-state index in [1.54, 1.807) is 18.2 Å². The molecule has 6 heteroatoms. The Morgan fingerprint density at radius 1 is 1.37 bits per heavy atom. The van der Waals surface area contributed by atoms with Crippen LogP contribution in [-0.2, 0) is 13.0 Å². The number of carbonyl (C=O) groups is 1. The van der Waals surface area contributed by atoms with Gasteiger partial charge in [-0.2, -0.15) is 0 Å². The molecular weight excluding hydrogens is 249 g/mol. The first-order valence-electron chi connectivity index (χ1n) is 5.89. The summed E-state index contributed by atoms with van der Waals surface area (Å²) in [6, 6.07) is 7.57. The zero-order chi connectivity index (χ0) is 13.8. The number of hydrogen-bond donors (Lipinski definition) is 2. The average molecular weight is 263 g/mol. The molecule has 1 aromatic heterocycles. The van der Waals surface area contributed by atoms with Gasteiger partial charge < -0.3 is 5.73 Å². The van der Waals surface area contributed by atoms with Gasteiger partial charge in [0.15, 0.2) is 0 Å². The van der Waals surface area contributed by atoms with E-state index >= 15 is 0 Å². The van der Waals surface area contributed by atoms with Gasteiger partial charge in [0.25, 0.3) is 5.56 Å². The number of hydrogen-bond acceptors (Lipinski definition) is 3. The summed E-state index contributed by atoms with van der Waals surface area (Å²) in [6.07, 6.45) is 0.369. The minimum absolute atomic E-state index is 0.0875. The first-order chi connectivity index (χ1) is 9.11. The number of aryl methyl sites for hydroxylation is 1. The quantitative estimate of drug-likeness (QED) is 0.865. The predicted octanol–water partition coefficient (Wildman–Crippen LogP) is 1.05. The van der Waals surface area contributed by atoms with Gasteiger partial charge in [0, 0.05) is 19.0 Å². The zero-order valence-corrected chi connectivity index (χ0v) is 10.2. The minimum atomic E-state index is -0.375. The highest BCUT2D eigenvalue weighted by molar-refractivity contribution is 5.78. The Kier molecular flexibility index (Phi) is 3.91. The molecule has 1 heterocycles. The second-order valence-electron chi connectivity index (χ2n) is 4.14. The van der Waals surface area contributed by atoms with Crippen LogP contribution in [0.3, 0.4) is 0 Å². The van der Waals surface area contributed by atoms with Crippen LogP contribution in [-0.4, -0.2) is 15.7 Å². The van der Waals surface area contributed by atoms with E-state index < -0.39 is 0 Å². The summed E-state index contributed by atoms with van der Waals surface area (Å²) >= 11 is 0. The average Bonchev–Trinajstić information content (AvgIpc) is 2.79. The summed E-state index contributed by atoms with van der Waals surface area (Å²) in [6.45, 7) is 0.0875. The number of rotatable bonds is 4. The minimum Gasteiger partial charge on any atom is -0.325 e. The third kappa shape index (κ3) is 2.97. The van der Waals surface area contributed by atoms with Crippen LogP contribution in [0.5, 0.6) is 0 Å². The van der Waals surface area contributed by atoms with Crippen LogP contribution in [0.4, 0.5) is 4.39 Å². The molecule has 5 nitrogen and oxygen atoms in total. The third-order valence-corrected chi connectivity index (χ3v) is 2.83. The molecule has 0 atom stereocenters. The van der Waals surface area contributed by atoms with E-state index in [0.29, 0.717) is 11.3 Å². The maximum atomic E-state index is 13.4. The lowest BCUT2D eigenvalue weighted by Gasteiger charge is -2.06. The molecule has 0 aliphatic rings. The van der Waals surface area contributed by atoms with Crippen molar-refractivity contribution >= 4 is 5.91 Å². The number of aromatic amines is 1. The molecule has 100 valence electrons. The molecule has 19 heavy (non-hydrogen) atoms. The highest BCUT2D eigenvalue weighted by Gasteiger charge is 2.12. The molecular formula is C13H14FN3O2. The summed E-state index contributed by atoms with van der Waals surface area (Å²) in [4.78, 5) is 23.1. The standard InChI is InChI=1S/C13H14FN3O2/c14-11-4-2-1-3-9(11)5-6-13(19)17-10(8-15)7-12(18)16-17/h1-4,7H,5-6,8,15H2,(H,16,18). The maximum Gasteiger partial charge on any atom is 0.264 e. The number of H-pyrrole nitrogens is 1. The number of aromatic nitrogens is 2. The van der Waals surface area contributed by atoms with E-state index in [-0.39, 0.29) is 36.7 Å². The van der Waals surface area contributed by atoms with E-state index in [1.807, 2.05) is 0 Å². The Bertz CT molecular complexity index is 645. The van der Waals surface area contributed by atoms with E-state index in [0.717, 1.165) is 4.68 Å². The van der Waals surface area contributed by atoms with Crippen molar-refractivity contribution in [3.05, 3.63) is 57.8 Å². The van der Waals surface area contributed by atoms with Crippen LogP contribution in [0.15, 0.2) is 35.1 Å². The van der Waals surface area contributed by atoms with Gasteiger partial charge in [0.05, 0.1) is 5.69 Å². The maximum absolute atomic E-state index is 13.4. The van der Waals surface area contributed by atoms with Gasteiger partial charge in [-0.15, -0.1) is 0 Å². The SMILES string of the molecule is NCc1cc(=O)[nH]n1C(=O)CCc1ccccc1F. The monoisotopic (exact) mass is 263 g/mol. The number of nitrogens with zero attached hydrogens (tertiary/aromatic N) is 1. The van der Waals surface area contributed by atoms with Crippen molar-refractivity contribution in [2.45, 2.75) is 19.4 Å². The molecule has 3 N–H and O–H groups in total. The summed E-state index contributed by atoms with van der Waals surface area (Å²) in [5.41, 5.74) is 5.96. The van der Waals surface area contributed by atoms with Crippen LogP contribution >= 0.6 is 0 Å². The third-order valence-electron chi connectivity index (χ3n) is 2.83. The van der Waals surface area contributed by atoms with E-state index in [9.17, 15) is 14.0 Å². The summed E-state index contributed by atoms with van der Waals surface area (Å²) in [5.74, 6) is -0.652. The summed E-state index contributed by atoms with van der Waals surface area (Å²) in [5, 5.41) is 2.38. The molecule has 0 unspecified atom stereocenters. The van der Waals surface area contributed by atoms with Crippen LogP contribution < -0.4 is 11.3 Å². The van der Waals surface area contributed by atoms with E-state index in [4.69, 9.17) is 5.73 Å². The molecule has 0 fully saturated rings. The molecule has 0 saturated heterocycles. The molecule has 0 aliphatic heterocycles. The molecule has 0 saturated carbocycles. The molecule has 0 amide bonds. The van der Waals surface area contributed by atoms with Crippen LogP contribution in [0.2, 0.25) is 0 Å². The Hall–Kier alpha value is -2.21. The second kappa shape index (κ2) is 5.62. The normalized spacial score (nSPS) is 10.6. The van der Waals surface area contributed by atoms with Crippen molar-refractivity contribution in [3.63, 3.8) is 0 Å². The number of halogens is 1. The van der Waals surface area contributed by atoms with Crippen LogP contribution in [0.25, 0.3) is 0 Å². The molecule has 0 aliphatic carbocycles. The fraction of sp³-hybridized carbons (Fsp3) is 0.231. The van der Waals surface area contributed by atoms with Crippen molar-refractivity contribution in [1.29, 1.82) is 0 Å². The number of nitrogens with two attached hydrogens (primary N) is 1. The van der Waals surface area contributed by atoms with E-state index in [1.165, 1.54) is 12.1 Å². The molecule has 0 bridgehead atoms. The van der Waals surface area contributed by atoms with Gasteiger partial charge in [-0.3, -0.25) is 14.7 Å². The van der Waals surface area contributed by atoms with Gasteiger partial charge in [-0.25, -0.2) is 9.07 Å². The van der Waals surface area contributed by atoms with Crippen molar-refractivity contribution in [1.82, 2.24) is 9.78 Å². The lowest BCUT2D eigenvalue weighted by molar-refractivity contribution is 0.0882. The molecule has 0 spiro atoms. The molecule has 0 radical (unpaired) electrons. The van der Waals surface area contributed by atoms with Gasteiger partial charge >= 0.3 is 0 Å². The zero-order valence-electron chi connectivity index (χ0n) is 10.2. The fourth-order valence-electron chi connectivity index (χ4n) is 1.86. The Morgan fingerprint density at radius 2 is 2.11 bits per heavy atom. The number of benzene rings is 1. The first kappa shape index (κ1) is 13.2. The van der Waals surface area contributed by atoms with Gasteiger partial charge in [-0.05, 0) is 18.1 Å². The second-order valence-corrected chi connectivity index (χ2v) is 4.14. The predicted molar refractivity (Wildman–Crippen MR) is 68.3 cm³/mol. The van der Waals surface area contributed by atoms with Gasteiger partial charge in [0.2, 0.25) is 5.91 Å². The number of nitrogens with one attached hydrogen (secondary N) is 1. The topological polar surface area (TPSA) is 80.9 Å². The van der Waals surface area contributed by atoms with E-state index in [2.05, 4.69) is 5.10 Å². The first-order valence-corrected chi connectivity index (χ1v) is 5.89. The smallest absolute Gasteiger partial charge is 0.264 e. The Balaban J connectivity index is 2.10. The Labute approximate surface area is 108 Å². The highest BCUT2D eigenvalue weighted by Crippen LogP contribution is 2.09. The lowest BCUT2D eigenvalue weighted by Crippen LogP contribution is -2.19. The summed E-state index contributed by atoms with van der Waals surface area (Å²) < 4.78 is 14.5. The molecule has 2 aromatic rings. The van der Waals surface area contributed by atoms with Crippen molar-refractivity contribution < 1.29 is 9.18 Å². The van der Waals surface area contributed by atoms with Crippen molar-refractivity contribution in [2.24, 2.45) is 5.73 Å². The molecule has 2 rings (SSSR count). The Morgan fingerprint density at radius 3 is 2.79 bits per heavy atom. The van der Waals surface area contributed by atoms with Gasteiger partial charge in [0.1, 0.15) is 5.82 Å². The highest BCUT2D eigenvalue weighted by atomic mass is 19.1. The van der Waals surface area contributed by atoms with Crippen molar-refractivity contribution in [3.8, 4) is 0 Å². The van der Waals surface area contributed by atoms with Crippen LogP contribution in [0, 0.1) is 5.82 Å². The van der Waals surface area contributed by atoms with Gasteiger partial charge in [-0.1, -0.05) is 18.2 Å². The van der Waals surface area contributed by atoms with Crippen molar-refractivity contribution in [2.75, 3.05) is 0 Å². The lowest BCUT2D eigenvalue weighted by atomic mass is 10.1. The molecule has 1 aromatic carbocycles. The summed E-state index contributed by atoms with van der Waals surface area (Å²) in [7, 11) is 0. The largest absolute Gasteiger partial charge is 0.325 e. The fourth-order valence-corrected chi connectivity index (χ4v) is 1.86. The van der Waals surface area contributed by atoms with Crippen LogP contribution in [0.1, 0.15) is 22.5 Å². The number of carbonyl (C=O) groups excluding carboxylic acids is 1.